The zero-order chi connectivity index (χ0) is 12.0. The van der Waals surface area contributed by atoms with Crippen LogP contribution in [0.2, 0.25) is 0 Å². The summed E-state index contributed by atoms with van der Waals surface area (Å²) in [6.07, 6.45) is 1.29. The first-order valence-corrected chi connectivity index (χ1v) is 4.56. The second-order valence-electron chi connectivity index (χ2n) is 2.93. The number of aromatic hydroxyl groups is 1. The van der Waals surface area contributed by atoms with E-state index in [0.29, 0.717) is 0 Å². The zero-order valence-electron chi connectivity index (χ0n) is 8.69. The minimum absolute atomic E-state index is 0.0439. The van der Waals surface area contributed by atoms with E-state index in [9.17, 15) is 9.90 Å². The molecule has 0 aliphatic carbocycles. The van der Waals surface area contributed by atoms with Gasteiger partial charge < -0.3 is 15.7 Å². The molecule has 0 heterocycles. The monoisotopic (exact) mass is 217 g/mol. The Bertz CT molecular complexity index is 461. The molecule has 1 rings (SSSR count). The van der Waals surface area contributed by atoms with E-state index in [1.807, 2.05) is 0 Å². The number of nitriles is 1. The standard InChI is InChI=1S/C11H11N3O2/c1-13-7-8(6-12)11(16)14-9-4-2-3-5-10(9)15/h2-5,7,13,15H,1H3,(H,14,16)/b8-7-. The Balaban J connectivity index is 2.84. The highest BCUT2D eigenvalue weighted by atomic mass is 16.3. The molecule has 1 aromatic carbocycles. The zero-order valence-corrected chi connectivity index (χ0v) is 8.69. The first-order valence-electron chi connectivity index (χ1n) is 4.56. The highest BCUT2D eigenvalue weighted by molar-refractivity contribution is 6.07. The van der Waals surface area contributed by atoms with Crippen molar-refractivity contribution in [2.24, 2.45) is 0 Å². The summed E-state index contributed by atoms with van der Waals surface area (Å²) in [5.41, 5.74) is 0.204. The van der Waals surface area contributed by atoms with Gasteiger partial charge >= 0.3 is 0 Å². The topological polar surface area (TPSA) is 85.2 Å². The van der Waals surface area contributed by atoms with Crippen LogP contribution in [-0.2, 0) is 4.79 Å². The van der Waals surface area contributed by atoms with Gasteiger partial charge in [0.05, 0.1) is 5.69 Å². The molecule has 3 N–H and O–H groups in total. The molecule has 0 radical (unpaired) electrons. The molecule has 1 aromatic rings. The summed E-state index contributed by atoms with van der Waals surface area (Å²) in [6, 6.07) is 8.05. The second kappa shape index (κ2) is 5.41. The molecule has 0 aliphatic rings. The third kappa shape index (κ3) is 2.75. The van der Waals surface area contributed by atoms with Crippen molar-refractivity contribution in [2.75, 3.05) is 12.4 Å². The van der Waals surface area contributed by atoms with E-state index in [1.54, 1.807) is 31.3 Å². The maximum atomic E-state index is 11.5. The van der Waals surface area contributed by atoms with E-state index in [-0.39, 0.29) is 17.0 Å². The van der Waals surface area contributed by atoms with Gasteiger partial charge in [0.1, 0.15) is 17.4 Å². The number of benzene rings is 1. The number of nitrogens with zero attached hydrogens (tertiary/aromatic N) is 1. The largest absolute Gasteiger partial charge is 0.506 e. The number of para-hydroxylation sites is 2. The van der Waals surface area contributed by atoms with Crippen molar-refractivity contribution in [3.05, 3.63) is 36.0 Å². The lowest BCUT2D eigenvalue weighted by molar-refractivity contribution is -0.112. The molecule has 5 heteroatoms. The Morgan fingerprint density at radius 1 is 1.50 bits per heavy atom. The molecule has 0 spiro atoms. The molecule has 0 saturated carbocycles. The number of carbonyl (C=O) groups excluding carboxylic acids is 1. The average molecular weight is 217 g/mol. The van der Waals surface area contributed by atoms with Crippen LogP contribution >= 0.6 is 0 Å². The van der Waals surface area contributed by atoms with Crippen molar-refractivity contribution in [1.29, 1.82) is 5.26 Å². The lowest BCUT2D eigenvalue weighted by atomic mass is 10.2. The molecule has 0 bridgehead atoms. The maximum Gasteiger partial charge on any atom is 0.267 e. The van der Waals surface area contributed by atoms with E-state index >= 15 is 0 Å². The van der Waals surface area contributed by atoms with Gasteiger partial charge in [0.2, 0.25) is 0 Å². The number of amides is 1. The van der Waals surface area contributed by atoms with Crippen molar-refractivity contribution >= 4 is 11.6 Å². The number of phenolic OH excluding ortho intramolecular Hbond substituents is 1. The van der Waals surface area contributed by atoms with E-state index in [0.717, 1.165) is 0 Å². The summed E-state index contributed by atoms with van der Waals surface area (Å²) in [5.74, 6) is -0.615. The molecular formula is C11H11N3O2. The van der Waals surface area contributed by atoms with Gasteiger partial charge in [-0.05, 0) is 12.1 Å². The van der Waals surface area contributed by atoms with Crippen molar-refractivity contribution in [1.82, 2.24) is 5.32 Å². The highest BCUT2D eigenvalue weighted by Gasteiger charge is 2.10. The third-order valence-electron chi connectivity index (χ3n) is 1.81. The number of hydrogen-bond donors (Lipinski definition) is 3. The van der Waals surface area contributed by atoms with Gasteiger partial charge in [-0.15, -0.1) is 0 Å². The van der Waals surface area contributed by atoms with Gasteiger partial charge in [-0.25, -0.2) is 0 Å². The molecule has 5 nitrogen and oxygen atoms in total. The van der Waals surface area contributed by atoms with Gasteiger partial charge in [0.15, 0.2) is 0 Å². The van der Waals surface area contributed by atoms with Crippen LogP contribution in [0.5, 0.6) is 5.75 Å². The van der Waals surface area contributed by atoms with Gasteiger partial charge in [-0.1, -0.05) is 12.1 Å². The minimum Gasteiger partial charge on any atom is -0.506 e. The predicted molar refractivity (Wildman–Crippen MR) is 59.5 cm³/mol. The number of hydrogen-bond acceptors (Lipinski definition) is 4. The molecule has 1 amide bonds. The van der Waals surface area contributed by atoms with Crippen LogP contribution in [0.25, 0.3) is 0 Å². The molecule has 0 saturated heterocycles. The Morgan fingerprint density at radius 2 is 2.19 bits per heavy atom. The predicted octanol–water partition coefficient (Wildman–Crippen LogP) is 0.958. The van der Waals surface area contributed by atoms with Gasteiger partial charge in [0.25, 0.3) is 5.91 Å². The normalized spacial score (nSPS) is 10.4. The van der Waals surface area contributed by atoms with Crippen molar-refractivity contribution < 1.29 is 9.90 Å². The number of rotatable bonds is 3. The number of carbonyl (C=O) groups is 1. The number of anilines is 1. The fourth-order valence-electron chi connectivity index (χ4n) is 1.06. The van der Waals surface area contributed by atoms with Crippen LogP contribution in [-0.4, -0.2) is 18.1 Å². The number of phenols is 1. The van der Waals surface area contributed by atoms with Crippen LogP contribution in [0, 0.1) is 11.3 Å². The Morgan fingerprint density at radius 3 is 2.75 bits per heavy atom. The maximum absolute atomic E-state index is 11.5. The molecule has 0 fully saturated rings. The quantitative estimate of drug-likeness (QED) is 0.400. The molecule has 0 unspecified atom stereocenters. The summed E-state index contributed by atoms with van der Waals surface area (Å²) in [7, 11) is 1.59. The van der Waals surface area contributed by atoms with E-state index < -0.39 is 5.91 Å². The van der Waals surface area contributed by atoms with Crippen molar-refractivity contribution in [3.63, 3.8) is 0 Å². The van der Waals surface area contributed by atoms with Crippen LogP contribution < -0.4 is 10.6 Å². The fourth-order valence-corrected chi connectivity index (χ4v) is 1.06. The van der Waals surface area contributed by atoms with Crippen LogP contribution in [0.15, 0.2) is 36.0 Å². The molecular weight excluding hydrogens is 206 g/mol. The minimum atomic E-state index is -0.571. The van der Waals surface area contributed by atoms with E-state index in [1.165, 1.54) is 12.3 Å². The summed E-state index contributed by atoms with van der Waals surface area (Å²) < 4.78 is 0. The lowest BCUT2D eigenvalue weighted by Crippen LogP contribution is -2.15. The number of nitrogens with one attached hydrogen (secondary N) is 2. The molecule has 0 aliphatic heterocycles. The van der Waals surface area contributed by atoms with Crippen LogP contribution in [0.1, 0.15) is 0 Å². The fraction of sp³-hybridized carbons (Fsp3) is 0.0909. The van der Waals surface area contributed by atoms with Crippen molar-refractivity contribution in [2.45, 2.75) is 0 Å². The van der Waals surface area contributed by atoms with Crippen molar-refractivity contribution in [3.8, 4) is 11.8 Å². The molecule has 82 valence electrons. The van der Waals surface area contributed by atoms with Gasteiger partial charge in [-0.2, -0.15) is 5.26 Å². The summed E-state index contributed by atoms with van der Waals surface area (Å²) in [4.78, 5) is 11.5. The SMILES string of the molecule is CN/C=C(/C#N)C(=O)Nc1ccccc1O. The average Bonchev–Trinajstić information content (AvgIpc) is 2.29. The lowest BCUT2D eigenvalue weighted by Gasteiger charge is -2.05. The summed E-state index contributed by atoms with van der Waals surface area (Å²) in [5, 5.41) is 23.1. The summed E-state index contributed by atoms with van der Waals surface area (Å²) in [6.45, 7) is 0. The first-order chi connectivity index (χ1) is 7.69. The van der Waals surface area contributed by atoms with E-state index in [4.69, 9.17) is 5.26 Å². The summed E-state index contributed by atoms with van der Waals surface area (Å²) >= 11 is 0. The van der Waals surface area contributed by atoms with Gasteiger partial charge in [0, 0.05) is 13.2 Å². The van der Waals surface area contributed by atoms with Crippen LogP contribution in [0.4, 0.5) is 5.69 Å². The molecule has 0 atom stereocenters. The van der Waals surface area contributed by atoms with Gasteiger partial charge in [-0.3, -0.25) is 4.79 Å². The Kier molecular flexibility index (Phi) is 3.92. The molecule has 16 heavy (non-hydrogen) atoms. The first kappa shape index (κ1) is 11.6. The smallest absolute Gasteiger partial charge is 0.267 e. The van der Waals surface area contributed by atoms with Crippen LogP contribution in [0.3, 0.4) is 0 Å². The third-order valence-corrected chi connectivity index (χ3v) is 1.81. The Labute approximate surface area is 93.0 Å². The highest BCUT2D eigenvalue weighted by Crippen LogP contribution is 2.21. The second-order valence-corrected chi connectivity index (χ2v) is 2.93. The molecule has 0 aromatic heterocycles. The Hall–Kier alpha value is -2.48. The van der Waals surface area contributed by atoms with E-state index in [2.05, 4.69) is 10.6 Å².